The second-order valence-electron chi connectivity index (χ2n) is 14.9. The van der Waals surface area contributed by atoms with Crippen LogP contribution in [0.15, 0.2) is 65.7 Å². The van der Waals surface area contributed by atoms with Gasteiger partial charge in [0.15, 0.2) is 0 Å². The Bertz CT molecular complexity index is 2000. The number of hydrogen-bond acceptors (Lipinski definition) is 9. The monoisotopic (exact) mass is 712 g/mol. The van der Waals surface area contributed by atoms with E-state index in [1.165, 1.54) is 12.1 Å². The van der Waals surface area contributed by atoms with E-state index in [2.05, 4.69) is 55.3 Å². The third-order valence-corrected chi connectivity index (χ3v) is 10.7. The van der Waals surface area contributed by atoms with Gasteiger partial charge in [0.05, 0.1) is 54.0 Å². The molecule has 2 aliphatic heterocycles. The normalized spacial score (nSPS) is 18.0. The van der Waals surface area contributed by atoms with Crippen LogP contribution >= 0.6 is 0 Å². The Balaban J connectivity index is 1.47. The van der Waals surface area contributed by atoms with E-state index in [9.17, 15) is 13.2 Å². The predicted octanol–water partition coefficient (Wildman–Crippen LogP) is 6.76. The van der Waals surface area contributed by atoms with E-state index in [-0.39, 0.29) is 52.7 Å². The number of carbonyl (C=O) groups is 1. The molecule has 4 bridgehead atoms. The number of amides is 1. The van der Waals surface area contributed by atoms with Gasteiger partial charge in [-0.05, 0) is 73.1 Å². The highest BCUT2D eigenvalue weighted by atomic mass is 32.2. The Labute approximate surface area is 301 Å². The second-order valence-corrected chi connectivity index (χ2v) is 16.6. The fourth-order valence-corrected chi connectivity index (χ4v) is 7.75. The topological polar surface area (TPSA) is 127 Å². The van der Waals surface area contributed by atoms with Crippen molar-refractivity contribution in [2.45, 2.75) is 78.3 Å². The lowest BCUT2D eigenvalue weighted by molar-refractivity contribution is 0.0508. The molecule has 4 heterocycles. The summed E-state index contributed by atoms with van der Waals surface area (Å²) in [7, 11) is -4.19. The maximum absolute atomic E-state index is 14.5. The quantitative estimate of drug-likeness (QED) is 0.231. The van der Waals surface area contributed by atoms with Crippen molar-refractivity contribution in [2.24, 2.45) is 5.41 Å². The lowest BCUT2D eigenvalue weighted by Crippen LogP contribution is -2.45. The van der Waals surface area contributed by atoms with Crippen LogP contribution in [0, 0.1) is 19.3 Å². The molecule has 2 aliphatic rings. The first-order valence-electron chi connectivity index (χ1n) is 17.5. The summed E-state index contributed by atoms with van der Waals surface area (Å²) in [6, 6.07) is 15.8. The van der Waals surface area contributed by atoms with Crippen LogP contribution in [0.3, 0.4) is 0 Å². The van der Waals surface area contributed by atoms with Gasteiger partial charge in [-0.1, -0.05) is 58.9 Å². The molecule has 6 rings (SSSR count). The number of pyridine rings is 1. The van der Waals surface area contributed by atoms with Crippen molar-refractivity contribution in [1.82, 2.24) is 19.9 Å². The van der Waals surface area contributed by atoms with Gasteiger partial charge in [-0.3, -0.25) is 9.78 Å². The highest BCUT2D eigenvalue weighted by Gasteiger charge is 2.32. The van der Waals surface area contributed by atoms with Crippen molar-refractivity contribution in [1.29, 1.82) is 0 Å². The lowest BCUT2D eigenvalue weighted by atomic mass is 9.87. The van der Waals surface area contributed by atoms with E-state index < -0.39 is 16.1 Å². The number of nitrogens with one attached hydrogen (secondary N) is 1. The number of hydrogen-bond donors (Lipinski definition) is 1. The second kappa shape index (κ2) is 14.6. The van der Waals surface area contributed by atoms with Crippen LogP contribution in [0.25, 0.3) is 11.3 Å². The smallest absolute Gasteiger partial charge is 0.264 e. The first-order valence-corrected chi connectivity index (χ1v) is 19.0. The Kier molecular flexibility index (Phi) is 10.4. The van der Waals surface area contributed by atoms with Gasteiger partial charge in [-0.25, -0.2) is 18.1 Å². The number of sulfonamides is 1. The maximum Gasteiger partial charge on any atom is 0.264 e. The minimum Gasteiger partial charge on any atom is -0.475 e. The van der Waals surface area contributed by atoms with Crippen LogP contribution < -0.4 is 14.4 Å². The molecule has 1 saturated heterocycles. The molecule has 1 N–H and O–H groups in total. The van der Waals surface area contributed by atoms with E-state index in [1.54, 1.807) is 17.0 Å². The van der Waals surface area contributed by atoms with Gasteiger partial charge in [0.1, 0.15) is 6.61 Å². The molecule has 2 aromatic carbocycles. The number of fused-ring (bicyclic) bond motifs is 4. The fraction of sp³-hybridized carbons (Fsp3) is 0.436. The molecule has 2 aromatic heterocycles. The number of rotatable bonds is 6. The molecule has 4 aromatic rings. The molecule has 11 nitrogen and oxygen atoms in total. The summed E-state index contributed by atoms with van der Waals surface area (Å²) in [6.07, 6.45) is 2.43. The number of morpholine rings is 1. The first kappa shape index (κ1) is 36.2. The molecule has 270 valence electrons. The summed E-state index contributed by atoms with van der Waals surface area (Å²) in [5.74, 6) is 0.0111. The summed E-state index contributed by atoms with van der Waals surface area (Å²) in [5.41, 5.74) is 6.03. The Morgan fingerprint density at radius 1 is 1.00 bits per heavy atom. The zero-order chi connectivity index (χ0) is 36.5. The van der Waals surface area contributed by atoms with Crippen molar-refractivity contribution in [3.8, 4) is 17.1 Å². The van der Waals surface area contributed by atoms with Gasteiger partial charge in [0.2, 0.25) is 11.8 Å². The average molecular weight is 713 g/mol. The van der Waals surface area contributed by atoms with Crippen LogP contribution in [0.2, 0.25) is 0 Å². The highest BCUT2D eigenvalue weighted by Crippen LogP contribution is 2.37. The van der Waals surface area contributed by atoms with E-state index in [0.717, 1.165) is 35.5 Å². The van der Waals surface area contributed by atoms with Gasteiger partial charge < -0.3 is 19.3 Å². The fourth-order valence-electron chi connectivity index (χ4n) is 6.76. The Morgan fingerprint density at radius 3 is 2.43 bits per heavy atom. The molecule has 0 unspecified atom stereocenters. The zero-order valence-electron chi connectivity index (χ0n) is 30.6. The molecule has 1 atom stereocenters. The third kappa shape index (κ3) is 8.18. The molecule has 1 amide bonds. The number of carbonyl (C=O) groups excluding carboxylic acids is 1. The minimum atomic E-state index is -4.19. The van der Waals surface area contributed by atoms with E-state index in [0.29, 0.717) is 36.6 Å². The molecular weight excluding hydrogens is 665 g/mol. The van der Waals surface area contributed by atoms with E-state index >= 15 is 0 Å². The predicted molar refractivity (Wildman–Crippen MR) is 199 cm³/mol. The summed E-state index contributed by atoms with van der Waals surface area (Å²) in [5, 5.41) is 0. The van der Waals surface area contributed by atoms with Gasteiger partial charge in [0.25, 0.3) is 15.9 Å². The Morgan fingerprint density at radius 2 is 1.75 bits per heavy atom. The van der Waals surface area contributed by atoms with Gasteiger partial charge >= 0.3 is 0 Å². The van der Waals surface area contributed by atoms with Gasteiger partial charge in [-0.2, -0.15) is 4.98 Å². The van der Waals surface area contributed by atoms with Crippen LogP contribution in [0.1, 0.15) is 79.7 Å². The number of benzene rings is 2. The number of aryl methyl sites for hydroxylation is 1. The number of ether oxygens (including phenoxy) is 2. The molecular formula is C39H48N6O5S. The average Bonchev–Trinajstić information content (AvgIpc) is 3.09. The Hall–Kier alpha value is -4.55. The summed E-state index contributed by atoms with van der Waals surface area (Å²) >= 11 is 0. The maximum atomic E-state index is 14.5. The third-order valence-electron chi connectivity index (χ3n) is 9.36. The van der Waals surface area contributed by atoms with Crippen LogP contribution in [0.5, 0.6) is 5.88 Å². The molecule has 0 radical (unpaired) electrons. The number of aromatic nitrogens is 3. The molecule has 51 heavy (non-hydrogen) atoms. The lowest BCUT2D eigenvalue weighted by Gasteiger charge is -2.36. The standard InChI is InChI=1S/C39H48N6O5S/c1-25(2)33-13-8-10-26(3)34(33)35-27(4)36-42-38(41-35)43-51(47,48)32-12-9-11-28(20-32)37(46)45(31(24-50-36)21-39(5,6)7)23-29-14-15-30(22-40-29)44-16-18-49-19-17-44/h8-15,20,22,25,31H,16-19,21,23-24H2,1-7H3,(H,41,42,43)/t31-/m1/s1. The minimum absolute atomic E-state index is 0.0696. The largest absolute Gasteiger partial charge is 0.475 e. The van der Waals surface area contributed by atoms with Crippen molar-refractivity contribution >= 4 is 27.6 Å². The summed E-state index contributed by atoms with van der Waals surface area (Å²) < 4.78 is 42.4. The van der Waals surface area contributed by atoms with Gasteiger partial charge in [-0.15, -0.1) is 0 Å². The van der Waals surface area contributed by atoms with Crippen molar-refractivity contribution in [3.63, 3.8) is 0 Å². The van der Waals surface area contributed by atoms with Gasteiger partial charge in [0, 0.05) is 29.8 Å². The van der Waals surface area contributed by atoms with Crippen molar-refractivity contribution < 1.29 is 22.7 Å². The van der Waals surface area contributed by atoms with E-state index in [4.69, 9.17) is 19.4 Å². The highest BCUT2D eigenvalue weighted by molar-refractivity contribution is 7.92. The molecule has 0 saturated carbocycles. The SMILES string of the molecule is Cc1cccc(C(C)C)c1-c1nc2nc(c1C)OC[C@@H](CC(C)(C)C)N(Cc1ccc(N3CCOCC3)cn1)C(=O)c1cccc(c1)S(=O)(=O)N2. The molecule has 0 aliphatic carbocycles. The number of nitrogens with zero attached hydrogens (tertiary/aromatic N) is 5. The molecule has 0 spiro atoms. The molecule has 12 heteroatoms. The van der Waals surface area contributed by atoms with Crippen LogP contribution in [-0.2, 0) is 21.3 Å². The van der Waals surface area contributed by atoms with E-state index in [1.807, 2.05) is 44.3 Å². The van der Waals surface area contributed by atoms with Crippen LogP contribution in [-0.4, -0.2) is 73.1 Å². The summed E-state index contributed by atoms with van der Waals surface area (Å²) in [6.45, 7) is 17.8. The zero-order valence-corrected chi connectivity index (χ0v) is 31.4. The summed E-state index contributed by atoms with van der Waals surface area (Å²) in [4.78, 5) is 32.7. The number of anilines is 2. The first-order chi connectivity index (χ1) is 24.2. The van der Waals surface area contributed by atoms with Crippen molar-refractivity contribution in [3.05, 3.63) is 88.7 Å². The molecule has 1 fully saturated rings. The van der Waals surface area contributed by atoms with Crippen LogP contribution in [0.4, 0.5) is 11.6 Å². The van der Waals surface area contributed by atoms with Crippen molar-refractivity contribution in [2.75, 3.05) is 42.5 Å².